The van der Waals surface area contributed by atoms with Crippen molar-refractivity contribution in [2.45, 2.75) is 38.6 Å². The van der Waals surface area contributed by atoms with E-state index in [1.165, 1.54) is 0 Å². The van der Waals surface area contributed by atoms with Crippen molar-refractivity contribution in [3.63, 3.8) is 0 Å². The normalized spacial score (nSPS) is 17.5. The van der Waals surface area contributed by atoms with Gasteiger partial charge in [-0.1, -0.05) is 0 Å². The van der Waals surface area contributed by atoms with Gasteiger partial charge in [0.05, 0.1) is 5.54 Å². The Morgan fingerprint density at radius 3 is 2.47 bits per heavy atom. The molecule has 0 aliphatic carbocycles. The zero-order chi connectivity index (χ0) is 14.3. The lowest BCUT2D eigenvalue weighted by molar-refractivity contribution is -0.141. The SMILES string of the molecule is CN(CCCCCO)C(=O)C(C)(C)N1CCNCC1. The molecule has 5 heteroatoms. The number of piperazine rings is 1. The van der Waals surface area contributed by atoms with Crippen LogP contribution in [0.25, 0.3) is 0 Å². The minimum Gasteiger partial charge on any atom is -0.396 e. The molecule has 1 heterocycles. The fourth-order valence-electron chi connectivity index (χ4n) is 2.57. The number of hydrogen-bond donors (Lipinski definition) is 2. The molecule has 1 rings (SSSR count). The molecule has 0 bridgehead atoms. The Balaban J connectivity index is 2.44. The van der Waals surface area contributed by atoms with Crippen molar-refractivity contribution in [2.24, 2.45) is 0 Å². The second kappa shape index (κ2) is 7.82. The summed E-state index contributed by atoms with van der Waals surface area (Å²) < 4.78 is 0. The zero-order valence-corrected chi connectivity index (χ0v) is 12.6. The Morgan fingerprint density at radius 2 is 1.89 bits per heavy atom. The topological polar surface area (TPSA) is 55.8 Å². The van der Waals surface area contributed by atoms with Gasteiger partial charge in [0, 0.05) is 46.4 Å². The van der Waals surface area contributed by atoms with E-state index in [2.05, 4.69) is 10.2 Å². The van der Waals surface area contributed by atoms with Crippen molar-refractivity contribution in [1.29, 1.82) is 0 Å². The largest absolute Gasteiger partial charge is 0.396 e. The molecule has 1 saturated heterocycles. The number of unbranched alkanes of at least 4 members (excludes halogenated alkanes) is 2. The predicted octanol–water partition coefficient (Wildman–Crippen LogP) is 0.291. The lowest BCUT2D eigenvalue weighted by Gasteiger charge is -2.41. The number of nitrogens with zero attached hydrogens (tertiary/aromatic N) is 2. The molecule has 0 spiro atoms. The van der Waals surface area contributed by atoms with Crippen LogP contribution in [-0.2, 0) is 4.79 Å². The number of amides is 1. The van der Waals surface area contributed by atoms with Gasteiger partial charge in [-0.3, -0.25) is 9.69 Å². The van der Waals surface area contributed by atoms with Gasteiger partial charge in [-0.05, 0) is 33.1 Å². The molecule has 1 aliphatic rings. The highest BCUT2D eigenvalue weighted by Crippen LogP contribution is 2.18. The fraction of sp³-hybridized carbons (Fsp3) is 0.929. The molecule has 0 aromatic heterocycles. The Hall–Kier alpha value is -0.650. The molecule has 112 valence electrons. The van der Waals surface area contributed by atoms with Gasteiger partial charge in [0.2, 0.25) is 5.91 Å². The summed E-state index contributed by atoms with van der Waals surface area (Å²) in [5.74, 6) is 0.193. The summed E-state index contributed by atoms with van der Waals surface area (Å²) >= 11 is 0. The number of aliphatic hydroxyl groups excluding tert-OH is 1. The van der Waals surface area contributed by atoms with Crippen molar-refractivity contribution >= 4 is 5.91 Å². The third kappa shape index (κ3) is 4.75. The molecule has 19 heavy (non-hydrogen) atoms. The van der Waals surface area contributed by atoms with E-state index in [9.17, 15) is 4.79 Å². The number of aliphatic hydroxyl groups is 1. The van der Waals surface area contributed by atoms with Gasteiger partial charge >= 0.3 is 0 Å². The van der Waals surface area contributed by atoms with Crippen molar-refractivity contribution in [1.82, 2.24) is 15.1 Å². The predicted molar refractivity (Wildman–Crippen MR) is 77.1 cm³/mol. The third-order valence-corrected chi connectivity index (χ3v) is 3.93. The summed E-state index contributed by atoms with van der Waals surface area (Å²) in [6, 6.07) is 0. The van der Waals surface area contributed by atoms with Crippen LogP contribution < -0.4 is 5.32 Å². The Bertz CT molecular complexity index is 276. The molecule has 0 saturated carbocycles. The molecule has 5 nitrogen and oxygen atoms in total. The highest BCUT2D eigenvalue weighted by Gasteiger charge is 2.36. The van der Waals surface area contributed by atoms with E-state index >= 15 is 0 Å². The van der Waals surface area contributed by atoms with Gasteiger partial charge in [0.1, 0.15) is 0 Å². The molecule has 1 amide bonds. The summed E-state index contributed by atoms with van der Waals surface area (Å²) in [6.07, 6.45) is 2.76. The van der Waals surface area contributed by atoms with Gasteiger partial charge in [0.15, 0.2) is 0 Å². The number of carbonyl (C=O) groups excluding carboxylic acids is 1. The van der Waals surface area contributed by atoms with Crippen LogP contribution in [0.2, 0.25) is 0 Å². The van der Waals surface area contributed by atoms with Gasteiger partial charge in [-0.2, -0.15) is 0 Å². The van der Waals surface area contributed by atoms with Gasteiger partial charge in [0.25, 0.3) is 0 Å². The molecule has 0 unspecified atom stereocenters. The van der Waals surface area contributed by atoms with Crippen LogP contribution in [-0.4, -0.2) is 72.7 Å². The monoisotopic (exact) mass is 271 g/mol. The first kappa shape index (κ1) is 16.4. The quantitative estimate of drug-likeness (QED) is 0.654. The standard InChI is InChI=1S/C14H29N3O2/c1-14(2,17-10-7-15-8-11-17)13(19)16(3)9-5-4-6-12-18/h15,18H,4-12H2,1-3H3. The van der Waals surface area contributed by atoms with Gasteiger partial charge < -0.3 is 15.3 Å². The minimum absolute atomic E-state index is 0.193. The van der Waals surface area contributed by atoms with E-state index in [0.29, 0.717) is 0 Å². The van der Waals surface area contributed by atoms with Crippen LogP contribution in [0.5, 0.6) is 0 Å². The summed E-state index contributed by atoms with van der Waals surface area (Å²) in [4.78, 5) is 16.6. The smallest absolute Gasteiger partial charge is 0.242 e. The first-order valence-electron chi connectivity index (χ1n) is 7.32. The van der Waals surface area contributed by atoms with Crippen molar-refractivity contribution in [3.05, 3.63) is 0 Å². The van der Waals surface area contributed by atoms with Crippen LogP contribution in [0.3, 0.4) is 0 Å². The Morgan fingerprint density at radius 1 is 1.26 bits per heavy atom. The van der Waals surface area contributed by atoms with Gasteiger partial charge in [-0.15, -0.1) is 0 Å². The highest BCUT2D eigenvalue weighted by atomic mass is 16.2. The maximum atomic E-state index is 12.5. The third-order valence-electron chi connectivity index (χ3n) is 3.93. The molecule has 1 aliphatic heterocycles. The first-order valence-corrected chi connectivity index (χ1v) is 7.32. The van der Waals surface area contributed by atoms with Crippen LogP contribution in [0.1, 0.15) is 33.1 Å². The Labute approximate surface area is 117 Å². The Kier molecular flexibility index (Phi) is 6.75. The van der Waals surface area contributed by atoms with E-state index in [4.69, 9.17) is 5.11 Å². The second-order valence-electron chi connectivity index (χ2n) is 5.81. The van der Waals surface area contributed by atoms with Crippen LogP contribution >= 0.6 is 0 Å². The average molecular weight is 271 g/mol. The fourth-order valence-corrected chi connectivity index (χ4v) is 2.57. The van der Waals surface area contributed by atoms with Crippen molar-refractivity contribution in [2.75, 3.05) is 46.4 Å². The maximum Gasteiger partial charge on any atom is 0.242 e. The molecular weight excluding hydrogens is 242 g/mol. The van der Waals surface area contributed by atoms with E-state index in [1.807, 2.05) is 25.8 Å². The van der Waals surface area contributed by atoms with Crippen molar-refractivity contribution in [3.8, 4) is 0 Å². The molecule has 0 atom stereocenters. The number of nitrogens with one attached hydrogen (secondary N) is 1. The zero-order valence-electron chi connectivity index (χ0n) is 12.6. The van der Waals surface area contributed by atoms with E-state index in [1.54, 1.807) is 0 Å². The summed E-state index contributed by atoms with van der Waals surface area (Å²) in [5.41, 5.74) is -0.423. The van der Waals surface area contributed by atoms with E-state index in [-0.39, 0.29) is 12.5 Å². The number of rotatable bonds is 7. The maximum absolute atomic E-state index is 12.5. The molecule has 0 aromatic carbocycles. The molecule has 2 N–H and O–H groups in total. The lowest BCUT2D eigenvalue weighted by atomic mass is 9.99. The lowest BCUT2D eigenvalue weighted by Crippen LogP contribution is -2.60. The number of hydrogen-bond acceptors (Lipinski definition) is 4. The number of carbonyl (C=O) groups is 1. The second-order valence-corrected chi connectivity index (χ2v) is 5.81. The highest BCUT2D eigenvalue weighted by molar-refractivity contribution is 5.85. The van der Waals surface area contributed by atoms with E-state index in [0.717, 1.165) is 52.0 Å². The summed E-state index contributed by atoms with van der Waals surface area (Å²) in [6.45, 7) is 8.82. The molecular formula is C14H29N3O2. The van der Waals surface area contributed by atoms with Crippen molar-refractivity contribution < 1.29 is 9.90 Å². The summed E-state index contributed by atoms with van der Waals surface area (Å²) in [7, 11) is 1.88. The van der Waals surface area contributed by atoms with Gasteiger partial charge in [-0.25, -0.2) is 0 Å². The molecule has 0 aromatic rings. The van der Waals surface area contributed by atoms with Crippen LogP contribution in [0.15, 0.2) is 0 Å². The van der Waals surface area contributed by atoms with E-state index < -0.39 is 5.54 Å². The minimum atomic E-state index is -0.423. The first-order chi connectivity index (χ1) is 9.00. The molecule has 0 radical (unpaired) electrons. The molecule has 1 fully saturated rings. The average Bonchev–Trinajstić information content (AvgIpc) is 2.43. The van der Waals surface area contributed by atoms with Crippen LogP contribution in [0.4, 0.5) is 0 Å². The summed E-state index contributed by atoms with van der Waals surface area (Å²) in [5, 5.41) is 12.1. The number of likely N-dealkylation sites (N-methyl/N-ethyl adjacent to an activating group) is 1. The van der Waals surface area contributed by atoms with Crippen LogP contribution in [0, 0.1) is 0 Å².